The van der Waals surface area contributed by atoms with Crippen LogP contribution < -0.4 is 0 Å². The zero-order valence-corrected chi connectivity index (χ0v) is 22.6. The van der Waals surface area contributed by atoms with E-state index in [1.54, 1.807) is 0 Å². The minimum atomic E-state index is -4.61. The second kappa shape index (κ2) is 42.2. The lowest BCUT2D eigenvalue weighted by Crippen LogP contribution is -2.33. The Morgan fingerprint density at radius 1 is 0.310 bits per heavy atom. The van der Waals surface area contributed by atoms with Crippen molar-refractivity contribution < 1.29 is 19.2 Å². The minimum Gasteiger partial charge on any atom is -0.368 e. The summed E-state index contributed by atoms with van der Waals surface area (Å²) in [5.41, 5.74) is 0. The SMILES string of the molecule is CCCCCC.CCCCCC.CCCCCC.CCCCCC.O[Si](O)(O)O. The van der Waals surface area contributed by atoms with Gasteiger partial charge < -0.3 is 19.2 Å². The van der Waals surface area contributed by atoms with Gasteiger partial charge in [-0.05, 0) is 0 Å². The van der Waals surface area contributed by atoms with Crippen molar-refractivity contribution in [2.24, 2.45) is 0 Å². The van der Waals surface area contributed by atoms with Gasteiger partial charge in [0.25, 0.3) is 0 Å². The van der Waals surface area contributed by atoms with E-state index in [1.165, 1.54) is 103 Å². The van der Waals surface area contributed by atoms with Gasteiger partial charge in [-0.2, -0.15) is 0 Å². The monoisotopic (exact) mass is 440 g/mol. The van der Waals surface area contributed by atoms with Crippen LogP contribution in [0.2, 0.25) is 0 Å². The lowest BCUT2D eigenvalue weighted by Gasteiger charge is -1.91. The highest BCUT2D eigenvalue weighted by atomic mass is 28.4. The van der Waals surface area contributed by atoms with Crippen molar-refractivity contribution in [2.45, 2.75) is 158 Å². The number of hydrogen-bond acceptors (Lipinski definition) is 4. The normalized spacial score (nSPS) is 9.52. The predicted octanol–water partition coefficient (Wildman–Crippen LogP) is 7.74. The predicted molar refractivity (Wildman–Crippen MR) is 134 cm³/mol. The summed E-state index contributed by atoms with van der Waals surface area (Å²) in [5.74, 6) is 0. The molecule has 0 rings (SSSR count). The first-order valence-electron chi connectivity index (χ1n) is 12.6. The van der Waals surface area contributed by atoms with Crippen molar-refractivity contribution in [3.8, 4) is 0 Å². The van der Waals surface area contributed by atoms with Gasteiger partial charge >= 0.3 is 9.05 Å². The summed E-state index contributed by atoms with van der Waals surface area (Å²) >= 11 is 0. The van der Waals surface area contributed by atoms with E-state index in [0.29, 0.717) is 0 Å². The van der Waals surface area contributed by atoms with Crippen LogP contribution in [0.5, 0.6) is 0 Å². The molecule has 0 amide bonds. The molecule has 0 unspecified atom stereocenters. The van der Waals surface area contributed by atoms with Gasteiger partial charge in [0.05, 0.1) is 0 Å². The average molecular weight is 441 g/mol. The Morgan fingerprint density at radius 3 is 0.414 bits per heavy atom. The molecule has 29 heavy (non-hydrogen) atoms. The Balaban J connectivity index is -0.0000000829. The minimum absolute atomic E-state index is 1.36. The summed E-state index contributed by atoms with van der Waals surface area (Å²) in [4.78, 5) is 29.3. The van der Waals surface area contributed by atoms with Gasteiger partial charge in [0.15, 0.2) is 0 Å². The van der Waals surface area contributed by atoms with Crippen LogP contribution in [0.1, 0.15) is 158 Å². The topological polar surface area (TPSA) is 80.9 Å². The molecule has 0 aromatic rings. The van der Waals surface area contributed by atoms with Crippen molar-refractivity contribution in [2.75, 3.05) is 0 Å². The standard InChI is InChI=1S/4C6H14.H4O4Si/c4*1-3-5-6-4-2;1-5(2,3)4/h4*3-6H2,1-2H3;1-4H. The van der Waals surface area contributed by atoms with Crippen LogP contribution in [0.15, 0.2) is 0 Å². The second-order valence-corrected chi connectivity index (χ2v) is 8.63. The molecule has 0 aliphatic carbocycles. The molecule has 4 nitrogen and oxygen atoms in total. The first-order valence-corrected chi connectivity index (χ1v) is 14.3. The summed E-state index contributed by atoms with van der Waals surface area (Å²) in [6.45, 7) is 17.9. The van der Waals surface area contributed by atoms with Gasteiger partial charge in [0, 0.05) is 0 Å². The zero-order chi connectivity index (χ0) is 23.8. The number of unbranched alkanes of at least 4 members (excludes halogenated alkanes) is 12. The van der Waals surface area contributed by atoms with E-state index < -0.39 is 9.05 Å². The number of hydrogen-bond donors (Lipinski definition) is 4. The van der Waals surface area contributed by atoms with Gasteiger partial charge in [0.2, 0.25) is 0 Å². The van der Waals surface area contributed by atoms with Crippen molar-refractivity contribution in [1.82, 2.24) is 0 Å². The summed E-state index contributed by atoms with van der Waals surface area (Å²) in [6.07, 6.45) is 22.1. The lowest BCUT2D eigenvalue weighted by atomic mass is 10.2. The molecule has 4 N–H and O–H groups in total. The fourth-order valence-corrected chi connectivity index (χ4v) is 2.00. The molecule has 0 spiro atoms. The van der Waals surface area contributed by atoms with E-state index in [-0.39, 0.29) is 0 Å². The maximum Gasteiger partial charge on any atom is 0.668 e. The summed E-state index contributed by atoms with van der Waals surface area (Å²) in [6, 6.07) is 0. The molecule has 0 aromatic carbocycles. The fraction of sp³-hybridized carbons (Fsp3) is 1.00. The molecule has 0 saturated carbocycles. The molecule has 0 radical (unpaired) electrons. The van der Waals surface area contributed by atoms with Crippen LogP contribution in [0, 0.1) is 0 Å². The summed E-state index contributed by atoms with van der Waals surface area (Å²) < 4.78 is 0. The third kappa shape index (κ3) is 131. The van der Waals surface area contributed by atoms with E-state index in [2.05, 4.69) is 55.4 Å². The Kier molecular flexibility index (Phi) is 57.5. The average Bonchev–Trinajstić information content (AvgIpc) is 2.67. The third-order valence-electron chi connectivity index (χ3n) is 3.83. The van der Waals surface area contributed by atoms with Crippen molar-refractivity contribution in [3.63, 3.8) is 0 Å². The first-order chi connectivity index (χ1) is 13.7. The molecule has 0 aliphatic rings. The van der Waals surface area contributed by atoms with E-state index in [9.17, 15) is 0 Å². The van der Waals surface area contributed by atoms with Crippen molar-refractivity contribution in [3.05, 3.63) is 0 Å². The molecule has 0 heterocycles. The molecule has 0 saturated heterocycles. The van der Waals surface area contributed by atoms with Crippen LogP contribution in [-0.4, -0.2) is 28.2 Å². The molecule has 0 bridgehead atoms. The molecule has 0 atom stereocenters. The van der Waals surface area contributed by atoms with Gasteiger partial charge in [-0.1, -0.05) is 158 Å². The van der Waals surface area contributed by atoms with Gasteiger partial charge in [-0.25, -0.2) is 0 Å². The highest BCUT2D eigenvalue weighted by Crippen LogP contribution is 1.97. The molecule has 184 valence electrons. The van der Waals surface area contributed by atoms with Crippen LogP contribution in [0.25, 0.3) is 0 Å². The highest BCUT2D eigenvalue weighted by molar-refractivity contribution is 6.46. The Morgan fingerprint density at radius 2 is 0.379 bits per heavy atom. The fourth-order valence-electron chi connectivity index (χ4n) is 2.00. The van der Waals surface area contributed by atoms with Crippen LogP contribution in [-0.2, 0) is 0 Å². The molecular weight excluding hydrogens is 380 g/mol. The number of rotatable bonds is 12. The smallest absolute Gasteiger partial charge is 0.368 e. The van der Waals surface area contributed by atoms with E-state index >= 15 is 0 Å². The molecular formula is C24H60O4Si. The largest absolute Gasteiger partial charge is 0.668 e. The van der Waals surface area contributed by atoms with Crippen molar-refractivity contribution in [1.29, 1.82) is 0 Å². The van der Waals surface area contributed by atoms with Crippen LogP contribution in [0.3, 0.4) is 0 Å². The van der Waals surface area contributed by atoms with Gasteiger partial charge in [-0.3, -0.25) is 0 Å². The van der Waals surface area contributed by atoms with E-state index in [4.69, 9.17) is 19.2 Å². The van der Waals surface area contributed by atoms with Gasteiger partial charge in [-0.15, -0.1) is 0 Å². The lowest BCUT2D eigenvalue weighted by molar-refractivity contribution is 0.117. The maximum absolute atomic E-state index is 7.33. The zero-order valence-electron chi connectivity index (χ0n) is 21.6. The molecule has 5 heteroatoms. The van der Waals surface area contributed by atoms with Crippen molar-refractivity contribution >= 4 is 9.05 Å². The van der Waals surface area contributed by atoms with Crippen LogP contribution in [0.4, 0.5) is 0 Å². The van der Waals surface area contributed by atoms with Gasteiger partial charge in [0.1, 0.15) is 0 Å². The van der Waals surface area contributed by atoms with Crippen LogP contribution >= 0.6 is 0 Å². The Labute approximate surface area is 186 Å². The summed E-state index contributed by atoms with van der Waals surface area (Å²) in [7, 11) is -4.61. The second-order valence-electron chi connectivity index (χ2n) is 7.43. The quantitative estimate of drug-likeness (QED) is 0.185. The van der Waals surface area contributed by atoms with E-state index in [0.717, 1.165) is 0 Å². The molecule has 0 aliphatic heterocycles. The summed E-state index contributed by atoms with van der Waals surface area (Å²) in [5, 5.41) is 0. The molecule has 0 aromatic heterocycles. The Hall–Kier alpha value is 0.0569. The highest BCUT2D eigenvalue weighted by Gasteiger charge is 2.22. The van der Waals surface area contributed by atoms with E-state index in [1.807, 2.05) is 0 Å². The third-order valence-corrected chi connectivity index (χ3v) is 3.83. The first kappa shape index (κ1) is 39.5. The maximum atomic E-state index is 7.33. The molecule has 0 fully saturated rings. The Bertz CT molecular complexity index is 156.